The molecule has 128 valence electrons. The van der Waals surface area contributed by atoms with Crippen LogP contribution in [-0.4, -0.2) is 47.8 Å². The first-order chi connectivity index (χ1) is 11.5. The number of fused-ring (bicyclic) bond motifs is 1. The molecule has 0 saturated heterocycles. The van der Waals surface area contributed by atoms with Crippen molar-refractivity contribution in [1.29, 1.82) is 0 Å². The fourth-order valence-electron chi connectivity index (χ4n) is 3.18. The normalized spacial score (nSPS) is 13.8. The van der Waals surface area contributed by atoms with Crippen LogP contribution in [-0.2, 0) is 31.4 Å². The molecule has 1 aliphatic heterocycles. The summed E-state index contributed by atoms with van der Waals surface area (Å²) >= 11 is 0. The zero-order chi connectivity index (χ0) is 17.3. The van der Waals surface area contributed by atoms with E-state index in [1.807, 2.05) is 17.7 Å². The summed E-state index contributed by atoms with van der Waals surface area (Å²) in [7, 11) is 1.75. The van der Waals surface area contributed by atoms with Crippen molar-refractivity contribution >= 4 is 11.9 Å². The standard InChI is InChI=1S/C16H21N5O3/c1-11-17-6-9-20(11)7-3-4-14(22)21-8-5-13-12(10-21)15(16(23)24)18-19(13)2/h6,9H,3-5,7-8,10H2,1-2H3,(H,23,24). The first kappa shape index (κ1) is 16.2. The van der Waals surface area contributed by atoms with Gasteiger partial charge in [-0.25, -0.2) is 9.78 Å². The van der Waals surface area contributed by atoms with Gasteiger partial charge in [-0.3, -0.25) is 9.48 Å². The molecule has 3 heterocycles. The van der Waals surface area contributed by atoms with Crippen molar-refractivity contribution in [3.63, 3.8) is 0 Å². The second kappa shape index (κ2) is 6.46. The minimum Gasteiger partial charge on any atom is -0.476 e. The van der Waals surface area contributed by atoms with E-state index >= 15 is 0 Å². The van der Waals surface area contributed by atoms with Crippen LogP contribution in [0.1, 0.15) is 40.4 Å². The number of rotatable bonds is 5. The number of amides is 1. The molecule has 24 heavy (non-hydrogen) atoms. The van der Waals surface area contributed by atoms with Crippen LogP contribution in [0.3, 0.4) is 0 Å². The third-order valence-electron chi connectivity index (χ3n) is 4.51. The Morgan fingerprint density at radius 2 is 2.17 bits per heavy atom. The Labute approximate surface area is 139 Å². The Bertz CT molecular complexity index is 777. The quantitative estimate of drug-likeness (QED) is 0.882. The third kappa shape index (κ3) is 3.04. The average Bonchev–Trinajstić information content (AvgIpc) is 3.11. The van der Waals surface area contributed by atoms with Gasteiger partial charge in [0.05, 0.1) is 0 Å². The Morgan fingerprint density at radius 3 is 2.83 bits per heavy atom. The Kier molecular flexibility index (Phi) is 4.37. The molecule has 8 heteroatoms. The zero-order valence-corrected chi connectivity index (χ0v) is 13.9. The smallest absolute Gasteiger partial charge is 0.356 e. The Balaban J connectivity index is 1.61. The summed E-state index contributed by atoms with van der Waals surface area (Å²) in [5.41, 5.74) is 1.62. The van der Waals surface area contributed by atoms with E-state index in [0.717, 1.165) is 24.5 Å². The van der Waals surface area contributed by atoms with Crippen molar-refractivity contribution in [1.82, 2.24) is 24.2 Å². The van der Waals surface area contributed by atoms with Crippen molar-refractivity contribution in [3.8, 4) is 0 Å². The zero-order valence-electron chi connectivity index (χ0n) is 13.9. The maximum absolute atomic E-state index is 12.4. The fraction of sp³-hybridized carbons (Fsp3) is 0.500. The molecule has 2 aromatic rings. The van der Waals surface area contributed by atoms with Crippen molar-refractivity contribution in [2.45, 2.75) is 39.3 Å². The molecular weight excluding hydrogens is 310 g/mol. The maximum Gasteiger partial charge on any atom is 0.356 e. The van der Waals surface area contributed by atoms with Crippen molar-refractivity contribution in [2.75, 3.05) is 6.54 Å². The molecule has 1 aliphatic rings. The lowest BCUT2D eigenvalue weighted by atomic mass is 10.0. The monoisotopic (exact) mass is 331 g/mol. The number of carbonyl (C=O) groups is 2. The minimum absolute atomic E-state index is 0.0543. The number of aromatic carboxylic acids is 1. The number of hydrogen-bond acceptors (Lipinski definition) is 4. The maximum atomic E-state index is 12.4. The minimum atomic E-state index is -1.04. The Morgan fingerprint density at radius 1 is 1.38 bits per heavy atom. The van der Waals surface area contributed by atoms with Gasteiger partial charge in [-0.15, -0.1) is 0 Å². The summed E-state index contributed by atoms with van der Waals surface area (Å²) in [6.45, 7) is 3.62. The van der Waals surface area contributed by atoms with Gasteiger partial charge in [-0.2, -0.15) is 5.10 Å². The number of aromatic nitrogens is 4. The number of hydrogen-bond donors (Lipinski definition) is 1. The van der Waals surface area contributed by atoms with Gasteiger partial charge in [-0.1, -0.05) is 0 Å². The van der Waals surface area contributed by atoms with Crippen LogP contribution in [0.5, 0.6) is 0 Å². The van der Waals surface area contributed by atoms with Gasteiger partial charge in [-0.05, 0) is 13.3 Å². The summed E-state index contributed by atoms with van der Waals surface area (Å²) in [6, 6.07) is 0. The van der Waals surface area contributed by atoms with E-state index in [4.69, 9.17) is 0 Å². The van der Waals surface area contributed by atoms with Crippen LogP contribution < -0.4 is 0 Å². The summed E-state index contributed by atoms with van der Waals surface area (Å²) in [5.74, 6) is -0.0538. The number of carboxylic acid groups (broad SMARTS) is 1. The summed E-state index contributed by atoms with van der Waals surface area (Å²) in [6.07, 6.45) is 5.47. The summed E-state index contributed by atoms with van der Waals surface area (Å²) in [5, 5.41) is 13.3. The summed E-state index contributed by atoms with van der Waals surface area (Å²) < 4.78 is 3.63. The lowest BCUT2D eigenvalue weighted by Gasteiger charge is -2.27. The highest BCUT2D eigenvalue weighted by Gasteiger charge is 2.28. The van der Waals surface area contributed by atoms with Crippen LogP contribution in [0.25, 0.3) is 0 Å². The van der Waals surface area contributed by atoms with Gasteiger partial charge in [0.25, 0.3) is 0 Å². The molecule has 3 rings (SSSR count). The first-order valence-corrected chi connectivity index (χ1v) is 8.01. The van der Waals surface area contributed by atoms with E-state index in [9.17, 15) is 14.7 Å². The second-order valence-corrected chi connectivity index (χ2v) is 6.04. The number of imidazole rings is 1. The molecule has 1 N–H and O–H groups in total. The molecule has 2 aromatic heterocycles. The molecule has 0 saturated carbocycles. The number of aryl methyl sites for hydroxylation is 3. The van der Waals surface area contributed by atoms with Crippen LogP contribution in [0.15, 0.2) is 12.4 Å². The van der Waals surface area contributed by atoms with Crippen LogP contribution in [0.4, 0.5) is 0 Å². The highest BCUT2D eigenvalue weighted by atomic mass is 16.4. The third-order valence-corrected chi connectivity index (χ3v) is 4.51. The lowest BCUT2D eigenvalue weighted by Crippen LogP contribution is -2.36. The molecule has 8 nitrogen and oxygen atoms in total. The van der Waals surface area contributed by atoms with Gasteiger partial charge >= 0.3 is 5.97 Å². The van der Waals surface area contributed by atoms with E-state index in [-0.39, 0.29) is 11.6 Å². The molecule has 0 bridgehead atoms. The largest absolute Gasteiger partial charge is 0.476 e. The van der Waals surface area contributed by atoms with Crippen molar-refractivity contribution < 1.29 is 14.7 Å². The van der Waals surface area contributed by atoms with Crippen LogP contribution in [0, 0.1) is 6.92 Å². The van der Waals surface area contributed by atoms with Crippen LogP contribution >= 0.6 is 0 Å². The molecule has 0 spiro atoms. The molecule has 0 fully saturated rings. The van der Waals surface area contributed by atoms with E-state index in [1.165, 1.54) is 0 Å². The van der Waals surface area contributed by atoms with E-state index in [0.29, 0.717) is 31.5 Å². The van der Waals surface area contributed by atoms with Gasteiger partial charge in [0.15, 0.2) is 5.69 Å². The second-order valence-electron chi connectivity index (χ2n) is 6.04. The molecule has 0 unspecified atom stereocenters. The highest BCUT2D eigenvalue weighted by molar-refractivity contribution is 5.88. The molecule has 0 aromatic carbocycles. The van der Waals surface area contributed by atoms with Gasteiger partial charge < -0.3 is 14.6 Å². The van der Waals surface area contributed by atoms with Gasteiger partial charge in [0, 0.05) is 63.2 Å². The topological polar surface area (TPSA) is 93.2 Å². The van der Waals surface area contributed by atoms with Crippen molar-refractivity contribution in [3.05, 3.63) is 35.2 Å². The predicted molar refractivity (Wildman–Crippen MR) is 85.5 cm³/mol. The predicted octanol–water partition coefficient (Wildman–Crippen LogP) is 0.988. The number of carbonyl (C=O) groups excluding carboxylic acids is 1. The Hall–Kier alpha value is -2.64. The average molecular weight is 331 g/mol. The first-order valence-electron chi connectivity index (χ1n) is 8.01. The highest BCUT2D eigenvalue weighted by Crippen LogP contribution is 2.23. The molecule has 1 amide bonds. The SMILES string of the molecule is Cc1nccn1CCCC(=O)N1CCc2c(c(C(=O)O)nn2C)C1. The molecule has 0 radical (unpaired) electrons. The lowest BCUT2D eigenvalue weighted by molar-refractivity contribution is -0.132. The fourth-order valence-corrected chi connectivity index (χ4v) is 3.18. The summed E-state index contributed by atoms with van der Waals surface area (Å²) in [4.78, 5) is 29.6. The molecular formula is C16H21N5O3. The number of nitrogens with zero attached hydrogens (tertiary/aromatic N) is 5. The van der Waals surface area contributed by atoms with Gasteiger partial charge in [0.2, 0.25) is 5.91 Å². The molecule has 0 atom stereocenters. The van der Waals surface area contributed by atoms with Crippen LogP contribution in [0.2, 0.25) is 0 Å². The van der Waals surface area contributed by atoms with E-state index in [1.54, 1.807) is 22.8 Å². The number of carboxylic acids is 1. The van der Waals surface area contributed by atoms with Crippen molar-refractivity contribution in [2.24, 2.45) is 7.05 Å². The van der Waals surface area contributed by atoms with E-state index in [2.05, 4.69) is 10.1 Å². The van der Waals surface area contributed by atoms with Gasteiger partial charge in [0.1, 0.15) is 5.82 Å². The van der Waals surface area contributed by atoms with E-state index < -0.39 is 5.97 Å². The molecule has 0 aliphatic carbocycles.